The molecule has 1 N–H and O–H groups in total. The van der Waals surface area contributed by atoms with Crippen LogP contribution in [0.5, 0.6) is 5.75 Å². The Morgan fingerprint density at radius 3 is 2.00 bits per heavy atom. The van der Waals surface area contributed by atoms with Gasteiger partial charge in [-0.3, -0.25) is 0 Å². The molecule has 0 radical (unpaired) electrons. The first-order valence-electron chi connectivity index (χ1n) is 5.24. The SMILES string of the molecule is Cc1ccc(-c2ccc(C)cc2P)c(O)c1. The molecule has 0 aromatic heterocycles. The van der Waals surface area contributed by atoms with Crippen LogP contribution in [0, 0.1) is 13.8 Å². The van der Waals surface area contributed by atoms with Gasteiger partial charge in [-0.1, -0.05) is 35.9 Å². The average molecular weight is 230 g/mol. The molecule has 0 saturated carbocycles. The smallest absolute Gasteiger partial charge is 0.123 e. The lowest BCUT2D eigenvalue weighted by Crippen LogP contribution is -1.97. The van der Waals surface area contributed by atoms with Crippen LogP contribution in [-0.4, -0.2) is 5.11 Å². The van der Waals surface area contributed by atoms with Crippen LogP contribution < -0.4 is 5.30 Å². The zero-order valence-electron chi connectivity index (χ0n) is 9.49. The van der Waals surface area contributed by atoms with Gasteiger partial charge < -0.3 is 5.11 Å². The number of aryl methyl sites for hydroxylation is 2. The number of phenolic OH excluding ortho intramolecular Hbond substituents is 1. The third kappa shape index (κ3) is 2.10. The van der Waals surface area contributed by atoms with Crippen molar-refractivity contribution in [3.63, 3.8) is 0 Å². The summed E-state index contributed by atoms with van der Waals surface area (Å²) in [4.78, 5) is 0. The lowest BCUT2D eigenvalue weighted by molar-refractivity contribution is 0.477. The van der Waals surface area contributed by atoms with Gasteiger partial charge in [0.05, 0.1) is 0 Å². The number of aromatic hydroxyl groups is 1. The predicted octanol–water partition coefficient (Wildman–Crippen LogP) is 3.18. The molecule has 2 rings (SSSR count). The molecule has 0 bridgehead atoms. The summed E-state index contributed by atoms with van der Waals surface area (Å²) in [6, 6.07) is 12.0. The quantitative estimate of drug-likeness (QED) is 0.746. The van der Waals surface area contributed by atoms with Crippen molar-refractivity contribution in [1.82, 2.24) is 0 Å². The average Bonchev–Trinajstić information content (AvgIpc) is 2.19. The van der Waals surface area contributed by atoms with Crippen molar-refractivity contribution >= 4 is 14.5 Å². The second kappa shape index (κ2) is 4.27. The van der Waals surface area contributed by atoms with E-state index in [9.17, 15) is 5.11 Å². The molecular formula is C14H15OP. The van der Waals surface area contributed by atoms with Crippen LogP contribution in [-0.2, 0) is 0 Å². The standard InChI is InChI=1S/C14H15OP/c1-9-3-5-11(13(15)7-9)12-6-4-10(2)8-14(12)16/h3-8,15H,16H2,1-2H3. The molecule has 0 heterocycles. The summed E-state index contributed by atoms with van der Waals surface area (Å²) < 4.78 is 0. The highest BCUT2D eigenvalue weighted by Gasteiger charge is 2.06. The van der Waals surface area contributed by atoms with Gasteiger partial charge in [-0.05, 0) is 36.3 Å². The van der Waals surface area contributed by atoms with Crippen LogP contribution in [0.15, 0.2) is 36.4 Å². The van der Waals surface area contributed by atoms with Gasteiger partial charge in [0, 0.05) is 5.56 Å². The fourth-order valence-corrected chi connectivity index (χ4v) is 2.31. The Balaban J connectivity index is 2.59. The molecule has 0 aliphatic carbocycles. The van der Waals surface area contributed by atoms with E-state index in [0.717, 1.165) is 22.0 Å². The molecule has 0 aliphatic rings. The Morgan fingerprint density at radius 1 is 0.875 bits per heavy atom. The zero-order chi connectivity index (χ0) is 11.7. The van der Waals surface area contributed by atoms with Gasteiger partial charge in [-0.2, -0.15) is 0 Å². The number of hydrogen-bond acceptors (Lipinski definition) is 1. The molecule has 1 nitrogen and oxygen atoms in total. The molecule has 0 saturated heterocycles. The molecule has 0 amide bonds. The summed E-state index contributed by atoms with van der Waals surface area (Å²) in [5, 5.41) is 11.0. The van der Waals surface area contributed by atoms with E-state index in [4.69, 9.17) is 0 Å². The van der Waals surface area contributed by atoms with Gasteiger partial charge in [0.1, 0.15) is 5.75 Å². The zero-order valence-corrected chi connectivity index (χ0v) is 10.6. The third-order valence-electron chi connectivity index (χ3n) is 2.65. The van der Waals surface area contributed by atoms with Gasteiger partial charge in [0.15, 0.2) is 0 Å². The highest BCUT2D eigenvalue weighted by atomic mass is 31.0. The molecule has 1 unspecified atom stereocenters. The molecule has 2 heteroatoms. The first kappa shape index (κ1) is 11.2. The van der Waals surface area contributed by atoms with E-state index in [2.05, 4.69) is 28.3 Å². The number of hydrogen-bond donors (Lipinski definition) is 1. The summed E-state index contributed by atoms with van der Waals surface area (Å²) in [6.45, 7) is 4.03. The van der Waals surface area contributed by atoms with Crippen molar-refractivity contribution in [2.75, 3.05) is 0 Å². The maximum atomic E-state index is 9.93. The highest BCUT2D eigenvalue weighted by molar-refractivity contribution is 7.28. The van der Waals surface area contributed by atoms with E-state index in [-0.39, 0.29) is 0 Å². The van der Waals surface area contributed by atoms with E-state index in [1.165, 1.54) is 5.56 Å². The minimum Gasteiger partial charge on any atom is -0.507 e. The summed E-state index contributed by atoms with van der Waals surface area (Å²) in [5.41, 5.74) is 4.24. The Bertz CT molecular complexity index is 483. The van der Waals surface area contributed by atoms with Gasteiger partial charge in [-0.15, -0.1) is 9.24 Å². The monoisotopic (exact) mass is 230 g/mol. The highest BCUT2D eigenvalue weighted by Crippen LogP contribution is 2.29. The Kier molecular flexibility index (Phi) is 2.98. The molecule has 16 heavy (non-hydrogen) atoms. The second-order valence-electron chi connectivity index (χ2n) is 4.11. The Labute approximate surface area is 98.3 Å². The summed E-state index contributed by atoms with van der Waals surface area (Å²) in [5.74, 6) is 0.340. The fraction of sp³-hybridized carbons (Fsp3) is 0.143. The van der Waals surface area contributed by atoms with E-state index in [1.807, 2.05) is 25.1 Å². The summed E-state index contributed by atoms with van der Waals surface area (Å²) in [7, 11) is 2.72. The summed E-state index contributed by atoms with van der Waals surface area (Å²) in [6.07, 6.45) is 0. The van der Waals surface area contributed by atoms with Crippen molar-refractivity contribution in [3.8, 4) is 16.9 Å². The molecule has 2 aromatic rings. The normalized spacial score (nSPS) is 10.4. The fourth-order valence-electron chi connectivity index (χ4n) is 1.80. The topological polar surface area (TPSA) is 20.2 Å². The van der Waals surface area contributed by atoms with Crippen molar-refractivity contribution in [1.29, 1.82) is 0 Å². The Hall–Kier alpha value is -1.33. The van der Waals surface area contributed by atoms with Crippen LogP contribution in [0.2, 0.25) is 0 Å². The predicted molar refractivity (Wildman–Crippen MR) is 72.4 cm³/mol. The maximum Gasteiger partial charge on any atom is 0.123 e. The van der Waals surface area contributed by atoms with Crippen molar-refractivity contribution in [2.45, 2.75) is 13.8 Å². The van der Waals surface area contributed by atoms with Gasteiger partial charge >= 0.3 is 0 Å². The van der Waals surface area contributed by atoms with E-state index < -0.39 is 0 Å². The van der Waals surface area contributed by atoms with Gasteiger partial charge in [0.25, 0.3) is 0 Å². The van der Waals surface area contributed by atoms with Crippen LogP contribution in [0.4, 0.5) is 0 Å². The van der Waals surface area contributed by atoms with Crippen LogP contribution in [0.25, 0.3) is 11.1 Å². The third-order valence-corrected chi connectivity index (χ3v) is 3.13. The minimum absolute atomic E-state index is 0.340. The van der Waals surface area contributed by atoms with E-state index >= 15 is 0 Å². The van der Waals surface area contributed by atoms with Gasteiger partial charge in [-0.25, -0.2) is 0 Å². The van der Waals surface area contributed by atoms with Crippen molar-refractivity contribution < 1.29 is 5.11 Å². The van der Waals surface area contributed by atoms with Crippen LogP contribution >= 0.6 is 9.24 Å². The number of phenols is 1. The Morgan fingerprint density at radius 2 is 1.44 bits per heavy atom. The van der Waals surface area contributed by atoms with Crippen LogP contribution in [0.3, 0.4) is 0 Å². The van der Waals surface area contributed by atoms with E-state index in [0.29, 0.717) is 5.75 Å². The molecule has 0 aliphatic heterocycles. The maximum absolute atomic E-state index is 9.93. The van der Waals surface area contributed by atoms with Gasteiger partial charge in [0.2, 0.25) is 0 Å². The molecule has 82 valence electrons. The molecular weight excluding hydrogens is 215 g/mol. The summed E-state index contributed by atoms with van der Waals surface area (Å²) >= 11 is 0. The molecule has 2 aromatic carbocycles. The lowest BCUT2D eigenvalue weighted by atomic mass is 10.0. The second-order valence-corrected chi connectivity index (χ2v) is 4.73. The van der Waals surface area contributed by atoms with Crippen molar-refractivity contribution in [2.24, 2.45) is 0 Å². The first-order chi connectivity index (χ1) is 7.58. The lowest BCUT2D eigenvalue weighted by Gasteiger charge is -2.09. The molecule has 1 atom stereocenters. The van der Waals surface area contributed by atoms with Crippen LogP contribution in [0.1, 0.15) is 11.1 Å². The first-order valence-corrected chi connectivity index (χ1v) is 5.82. The number of rotatable bonds is 1. The van der Waals surface area contributed by atoms with E-state index in [1.54, 1.807) is 6.07 Å². The van der Waals surface area contributed by atoms with Crippen molar-refractivity contribution in [3.05, 3.63) is 47.5 Å². The molecule has 0 fully saturated rings. The minimum atomic E-state index is 0.340. The largest absolute Gasteiger partial charge is 0.507 e. The molecule has 0 spiro atoms. The number of benzene rings is 2.